The molecular weight excluding hydrogens is 264 g/mol. The van der Waals surface area contributed by atoms with E-state index in [2.05, 4.69) is 40.2 Å². The van der Waals surface area contributed by atoms with Crippen LogP contribution in [0.2, 0.25) is 0 Å². The van der Waals surface area contributed by atoms with Crippen LogP contribution in [0.4, 0.5) is 0 Å². The van der Waals surface area contributed by atoms with E-state index in [1.54, 1.807) is 0 Å². The van der Waals surface area contributed by atoms with E-state index in [1.165, 1.54) is 51.4 Å². The molecule has 0 aliphatic heterocycles. The monoisotopic (exact) mass is 304 g/mol. The van der Waals surface area contributed by atoms with E-state index in [9.17, 15) is 0 Å². The van der Waals surface area contributed by atoms with Gasteiger partial charge in [0.2, 0.25) is 0 Å². The highest BCUT2D eigenvalue weighted by molar-refractivity contribution is 4.41. The van der Waals surface area contributed by atoms with E-state index in [0.717, 1.165) is 13.2 Å². The van der Waals surface area contributed by atoms with Crippen LogP contribution in [0.3, 0.4) is 0 Å². The molecule has 0 fully saturated rings. The normalized spacial score (nSPS) is 8.38. The third kappa shape index (κ3) is 54.4. The van der Waals surface area contributed by atoms with Crippen LogP contribution in [0.1, 0.15) is 65.2 Å². The van der Waals surface area contributed by atoms with Crippen molar-refractivity contribution in [3.8, 4) is 0 Å². The first kappa shape index (κ1) is 28.5. The van der Waals surface area contributed by atoms with Gasteiger partial charge in [0.15, 0.2) is 0 Å². The molecule has 0 unspecified atom stereocenters. The largest absolute Gasteiger partial charge is 0.394 e. The molecule has 0 amide bonds. The van der Waals surface area contributed by atoms with Gasteiger partial charge in [-0.05, 0) is 12.8 Å². The van der Waals surface area contributed by atoms with Crippen LogP contribution >= 0.6 is 0 Å². The van der Waals surface area contributed by atoms with Crippen molar-refractivity contribution in [2.45, 2.75) is 65.2 Å². The third-order valence-corrected chi connectivity index (χ3v) is 2.38. The smallest absolute Gasteiger partial charge is 0.0662 e. The molecule has 0 rings (SSSR count). The third-order valence-electron chi connectivity index (χ3n) is 2.38. The van der Waals surface area contributed by atoms with Crippen molar-refractivity contribution in [2.24, 2.45) is 0 Å². The molecule has 0 bridgehead atoms. The lowest BCUT2D eigenvalue weighted by atomic mass is 10.2. The highest BCUT2D eigenvalue weighted by Gasteiger charge is 1.90. The molecule has 0 saturated heterocycles. The number of aliphatic hydroxyl groups excluding tert-OH is 2. The van der Waals surface area contributed by atoms with Gasteiger partial charge in [-0.25, -0.2) is 0 Å². The number of rotatable bonds is 11. The van der Waals surface area contributed by atoms with Crippen molar-refractivity contribution < 1.29 is 14.9 Å². The Kier molecular flexibility index (Phi) is 58.0. The van der Waals surface area contributed by atoms with Crippen LogP contribution in [-0.2, 0) is 4.74 Å². The summed E-state index contributed by atoms with van der Waals surface area (Å²) in [6.07, 6.45) is 10.5. The minimum Gasteiger partial charge on any atom is -0.394 e. The summed E-state index contributed by atoms with van der Waals surface area (Å²) in [5.41, 5.74) is 0. The SMILES string of the molecule is C=C.C=C.CCCCCCOCCCCCC.OCCO. The van der Waals surface area contributed by atoms with Crippen molar-refractivity contribution in [2.75, 3.05) is 26.4 Å². The zero-order valence-electron chi connectivity index (χ0n) is 14.6. The minimum absolute atomic E-state index is 0.125. The summed E-state index contributed by atoms with van der Waals surface area (Å²) >= 11 is 0. The molecule has 0 aromatic rings. The van der Waals surface area contributed by atoms with E-state index in [4.69, 9.17) is 14.9 Å². The molecule has 0 spiro atoms. The van der Waals surface area contributed by atoms with Crippen molar-refractivity contribution in [3.63, 3.8) is 0 Å². The van der Waals surface area contributed by atoms with Crippen LogP contribution in [0.5, 0.6) is 0 Å². The van der Waals surface area contributed by atoms with Crippen molar-refractivity contribution in [1.29, 1.82) is 0 Å². The summed E-state index contributed by atoms with van der Waals surface area (Å²) in [6, 6.07) is 0. The van der Waals surface area contributed by atoms with E-state index < -0.39 is 0 Å². The molecule has 0 aliphatic rings. The van der Waals surface area contributed by atoms with E-state index >= 15 is 0 Å². The first-order valence-corrected chi connectivity index (χ1v) is 8.12. The fourth-order valence-corrected chi connectivity index (χ4v) is 1.36. The molecule has 0 aromatic heterocycles. The highest BCUT2D eigenvalue weighted by atomic mass is 16.5. The Hall–Kier alpha value is -0.640. The second-order valence-corrected chi connectivity index (χ2v) is 4.18. The van der Waals surface area contributed by atoms with E-state index in [0.29, 0.717) is 0 Å². The number of aliphatic hydroxyl groups is 2. The average Bonchev–Trinajstić information content (AvgIpc) is 2.57. The summed E-state index contributed by atoms with van der Waals surface area (Å²) in [6.45, 7) is 18.2. The Morgan fingerprint density at radius 3 is 1.19 bits per heavy atom. The lowest BCUT2D eigenvalue weighted by Gasteiger charge is -2.03. The first-order chi connectivity index (χ1) is 10.3. The number of ether oxygens (including phenoxy) is 1. The van der Waals surface area contributed by atoms with Gasteiger partial charge < -0.3 is 14.9 Å². The molecule has 0 heterocycles. The maximum Gasteiger partial charge on any atom is 0.0662 e. The van der Waals surface area contributed by atoms with E-state index in [-0.39, 0.29) is 13.2 Å². The van der Waals surface area contributed by atoms with Gasteiger partial charge in [-0.3, -0.25) is 0 Å². The Bertz CT molecular complexity index is 116. The Balaban J connectivity index is -0.000000151. The van der Waals surface area contributed by atoms with Crippen LogP contribution in [0.15, 0.2) is 26.3 Å². The summed E-state index contributed by atoms with van der Waals surface area (Å²) in [7, 11) is 0. The fraction of sp³-hybridized carbons (Fsp3) is 0.778. The zero-order valence-corrected chi connectivity index (χ0v) is 14.6. The van der Waals surface area contributed by atoms with Crippen molar-refractivity contribution in [3.05, 3.63) is 26.3 Å². The fourth-order valence-electron chi connectivity index (χ4n) is 1.36. The van der Waals surface area contributed by atoms with Gasteiger partial charge in [0.05, 0.1) is 13.2 Å². The van der Waals surface area contributed by atoms with Gasteiger partial charge in [-0.2, -0.15) is 0 Å². The molecule has 3 heteroatoms. The molecule has 0 aliphatic carbocycles. The van der Waals surface area contributed by atoms with E-state index in [1.807, 2.05) is 0 Å². The summed E-state index contributed by atoms with van der Waals surface area (Å²) in [4.78, 5) is 0. The molecular formula is C18H40O3. The average molecular weight is 305 g/mol. The molecule has 2 N–H and O–H groups in total. The first-order valence-electron chi connectivity index (χ1n) is 8.12. The van der Waals surface area contributed by atoms with Crippen LogP contribution in [-0.4, -0.2) is 36.6 Å². The zero-order chi connectivity index (χ0) is 17.2. The maximum atomic E-state index is 7.62. The number of hydrogen-bond acceptors (Lipinski definition) is 3. The second-order valence-electron chi connectivity index (χ2n) is 4.18. The number of unbranched alkanes of at least 4 members (excludes halogenated alkanes) is 6. The van der Waals surface area contributed by atoms with Crippen molar-refractivity contribution >= 4 is 0 Å². The summed E-state index contributed by atoms with van der Waals surface area (Å²) in [5.74, 6) is 0. The minimum atomic E-state index is -0.125. The van der Waals surface area contributed by atoms with Gasteiger partial charge in [0.25, 0.3) is 0 Å². The van der Waals surface area contributed by atoms with Crippen LogP contribution in [0.25, 0.3) is 0 Å². The Morgan fingerprint density at radius 2 is 0.952 bits per heavy atom. The summed E-state index contributed by atoms with van der Waals surface area (Å²) in [5, 5.41) is 15.2. The molecule has 0 radical (unpaired) electrons. The van der Waals surface area contributed by atoms with Crippen LogP contribution in [0, 0.1) is 0 Å². The lowest BCUT2D eigenvalue weighted by molar-refractivity contribution is 0.126. The van der Waals surface area contributed by atoms with Gasteiger partial charge in [0, 0.05) is 13.2 Å². The predicted octanol–water partition coefficient (Wildman–Crippen LogP) is 4.74. The topological polar surface area (TPSA) is 49.7 Å². The van der Waals surface area contributed by atoms with Gasteiger partial charge in [-0.15, -0.1) is 26.3 Å². The van der Waals surface area contributed by atoms with Crippen LogP contribution < -0.4 is 0 Å². The Morgan fingerprint density at radius 1 is 0.619 bits per heavy atom. The lowest BCUT2D eigenvalue weighted by Crippen LogP contribution is -1.96. The summed E-state index contributed by atoms with van der Waals surface area (Å²) < 4.78 is 5.53. The molecule has 130 valence electrons. The second kappa shape index (κ2) is 42.7. The standard InChI is InChI=1S/C12H26O.C2H6O2.2C2H4/c1-3-5-7-9-11-13-12-10-8-6-4-2;3-1-2-4;2*1-2/h3-12H2,1-2H3;3-4H,1-2H2;2*1-2H2. The molecule has 21 heavy (non-hydrogen) atoms. The molecule has 0 atom stereocenters. The molecule has 0 aromatic carbocycles. The molecule has 3 nitrogen and oxygen atoms in total. The highest BCUT2D eigenvalue weighted by Crippen LogP contribution is 2.01. The molecule has 0 saturated carbocycles. The van der Waals surface area contributed by atoms with Crippen molar-refractivity contribution in [1.82, 2.24) is 0 Å². The Labute approximate surface area is 133 Å². The maximum absolute atomic E-state index is 7.62. The number of hydrogen-bond donors (Lipinski definition) is 2. The quantitative estimate of drug-likeness (QED) is 0.428. The van der Waals surface area contributed by atoms with Gasteiger partial charge in [0.1, 0.15) is 0 Å². The van der Waals surface area contributed by atoms with Gasteiger partial charge in [-0.1, -0.05) is 52.4 Å². The predicted molar refractivity (Wildman–Crippen MR) is 95.8 cm³/mol. The van der Waals surface area contributed by atoms with Gasteiger partial charge >= 0.3 is 0 Å².